The van der Waals surface area contributed by atoms with Crippen LogP contribution in [0.1, 0.15) is 28.7 Å². The Bertz CT molecular complexity index is 1260. The minimum Gasteiger partial charge on any atom is -0.507 e. The first-order valence-corrected chi connectivity index (χ1v) is 10.2. The van der Waals surface area contributed by atoms with Crippen LogP contribution in [0.4, 0.5) is 5.69 Å². The third-order valence-corrected chi connectivity index (χ3v) is 5.76. The molecule has 2 aromatic carbocycles. The van der Waals surface area contributed by atoms with E-state index in [4.69, 9.17) is 20.8 Å². The fourth-order valence-corrected chi connectivity index (χ4v) is 4.27. The fraction of sp³-hybridized carbons (Fsp3) is 0.167. The van der Waals surface area contributed by atoms with Crippen LogP contribution in [0.3, 0.4) is 0 Å². The van der Waals surface area contributed by atoms with Crippen LogP contribution in [0.2, 0.25) is 5.02 Å². The highest BCUT2D eigenvalue weighted by Crippen LogP contribution is 2.43. The van der Waals surface area contributed by atoms with Gasteiger partial charge in [0.05, 0.1) is 12.2 Å². The summed E-state index contributed by atoms with van der Waals surface area (Å²) in [5, 5.41) is 11.6. The predicted octanol–water partition coefficient (Wildman–Crippen LogP) is 4.80. The van der Waals surface area contributed by atoms with Gasteiger partial charge in [-0.05, 0) is 61.0 Å². The molecule has 0 bridgehead atoms. The third-order valence-electron chi connectivity index (χ3n) is 5.52. The van der Waals surface area contributed by atoms with Crippen LogP contribution in [0, 0.1) is 6.92 Å². The van der Waals surface area contributed by atoms with Gasteiger partial charge in [-0.1, -0.05) is 17.7 Å². The van der Waals surface area contributed by atoms with Crippen molar-refractivity contribution in [2.45, 2.75) is 19.4 Å². The van der Waals surface area contributed by atoms with Crippen molar-refractivity contribution < 1.29 is 23.8 Å². The lowest BCUT2D eigenvalue weighted by molar-refractivity contribution is -0.132. The number of aliphatic hydroxyl groups is 1. The molecule has 6 nitrogen and oxygen atoms in total. The number of hydrogen-bond donors (Lipinski definition) is 1. The summed E-state index contributed by atoms with van der Waals surface area (Å²) in [6.45, 7) is 2.35. The zero-order chi connectivity index (χ0) is 21.7. The number of aryl methyl sites for hydroxylation is 1. The van der Waals surface area contributed by atoms with Crippen LogP contribution in [0.25, 0.3) is 5.76 Å². The lowest BCUT2D eigenvalue weighted by Gasteiger charge is -2.23. The molecule has 3 heterocycles. The van der Waals surface area contributed by atoms with E-state index in [1.165, 1.54) is 4.90 Å². The van der Waals surface area contributed by atoms with Crippen LogP contribution in [0.15, 0.2) is 64.6 Å². The van der Waals surface area contributed by atoms with Crippen molar-refractivity contribution in [3.8, 4) is 5.75 Å². The highest BCUT2D eigenvalue weighted by Gasteiger charge is 2.48. The molecule has 1 fully saturated rings. The van der Waals surface area contributed by atoms with Crippen molar-refractivity contribution in [2.24, 2.45) is 0 Å². The Morgan fingerprint density at radius 2 is 1.97 bits per heavy atom. The van der Waals surface area contributed by atoms with Crippen molar-refractivity contribution in [1.29, 1.82) is 0 Å². The van der Waals surface area contributed by atoms with Gasteiger partial charge in [0.15, 0.2) is 0 Å². The normalized spacial score (nSPS) is 19.5. The van der Waals surface area contributed by atoms with Gasteiger partial charge >= 0.3 is 0 Å². The van der Waals surface area contributed by atoms with Crippen LogP contribution in [-0.2, 0) is 16.0 Å². The number of carbonyl (C=O) groups is 2. The maximum absolute atomic E-state index is 13.1. The molecule has 7 heteroatoms. The Labute approximate surface area is 183 Å². The summed E-state index contributed by atoms with van der Waals surface area (Å²) in [7, 11) is 0. The molecule has 2 aliphatic rings. The van der Waals surface area contributed by atoms with E-state index >= 15 is 0 Å². The van der Waals surface area contributed by atoms with Crippen LogP contribution < -0.4 is 9.64 Å². The van der Waals surface area contributed by atoms with Gasteiger partial charge < -0.3 is 14.3 Å². The largest absolute Gasteiger partial charge is 0.507 e. The molecule has 0 spiro atoms. The summed E-state index contributed by atoms with van der Waals surface area (Å²) in [6, 6.07) is 14.4. The topological polar surface area (TPSA) is 80.0 Å². The van der Waals surface area contributed by atoms with Crippen molar-refractivity contribution >= 4 is 34.7 Å². The number of furan rings is 1. The van der Waals surface area contributed by atoms with Crippen LogP contribution >= 0.6 is 11.6 Å². The number of aliphatic hydroxyl groups excluding tert-OH is 1. The zero-order valence-corrected chi connectivity index (χ0v) is 17.3. The first-order valence-electron chi connectivity index (χ1n) is 9.83. The van der Waals surface area contributed by atoms with Gasteiger partial charge in [0.1, 0.15) is 29.1 Å². The smallest absolute Gasteiger partial charge is 0.300 e. The maximum Gasteiger partial charge on any atom is 0.300 e. The lowest BCUT2D eigenvalue weighted by Crippen LogP contribution is -2.29. The van der Waals surface area contributed by atoms with E-state index < -0.39 is 17.7 Å². The summed E-state index contributed by atoms with van der Waals surface area (Å²) in [6.07, 6.45) is 0.716. The monoisotopic (exact) mass is 435 g/mol. The number of hydrogen-bond acceptors (Lipinski definition) is 5. The molecule has 1 atom stereocenters. The summed E-state index contributed by atoms with van der Waals surface area (Å²) in [4.78, 5) is 27.5. The quantitative estimate of drug-likeness (QED) is 0.363. The van der Waals surface area contributed by atoms with Crippen LogP contribution in [-0.4, -0.2) is 23.4 Å². The Morgan fingerprint density at radius 3 is 2.71 bits per heavy atom. The molecule has 1 saturated heterocycles. The van der Waals surface area contributed by atoms with E-state index in [9.17, 15) is 14.7 Å². The number of nitrogens with zero attached hydrogens (tertiary/aromatic N) is 1. The van der Waals surface area contributed by atoms with Crippen molar-refractivity contribution in [3.05, 3.63) is 87.8 Å². The second-order valence-corrected chi connectivity index (χ2v) is 7.95. The third kappa shape index (κ3) is 3.20. The zero-order valence-electron chi connectivity index (χ0n) is 16.6. The Hall–Kier alpha value is -3.51. The molecular formula is C24H18ClNO5. The van der Waals surface area contributed by atoms with Gasteiger partial charge in [-0.3, -0.25) is 14.5 Å². The molecule has 1 unspecified atom stereocenters. The number of amides is 1. The van der Waals surface area contributed by atoms with E-state index in [1.807, 2.05) is 0 Å². The van der Waals surface area contributed by atoms with Gasteiger partial charge in [0.2, 0.25) is 0 Å². The van der Waals surface area contributed by atoms with Crippen LogP contribution in [0.5, 0.6) is 5.75 Å². The molecule has 1 aromatic heterocycles. The van der Waals surface area contributed by atoms with E-state index in [1.54, 1.807) is 61.5 Å². The average Bonchev–Trinajstić information content (AvgIpc) is 3.45. The van der Waals surface area contributed by atoms with Gasteiger partial charge in [-0.2, -0.15) is 0 Å². The van der Waals surface area contributed by atoms with Gasteiger partial charge in [0.25, 0.3) is 11.7 Å². The lowest BCUT2D eigenvalue weighted by atomic mass is 9.98. The maximum atomic E-state index is 13.1. The van der Waals surface area contributed by atoms with E-state index in [0.29, 0.717) is 40.8 Å². The number of rotatable bonds is 3. The number of ether oxygens (including phenoxy) is 1. The first-order chi connectivity index (χ1) is 14.9. The molecule has 156 valence electrons. The number of carbonyl (C=O) groups excluding carboxylic acids is 2. The fourth-order valence-electron chi connectivity index (χ4n) is 4.08. The summed E-state index contributed by atoms with van der Waals surface area (Å²) in [5.74, 6) is -0.0320. The van der Waals surface area contributed by atoms with E-state index in [0.717, 1.165) is 11.3 Å². The molecule has 1 N–H and O–H groups in total. The Morgan fingerprint density at radius 1 is 1.13 bits per heavy atom. The van der Waals surface area contributed by atoms with Crippen molar-refractivity contribution in [3.63, 3.8) is 0 Å². The van der Waals surface area contributed by atoms with Crippen molar-refractivity contribution in [2.75, 3.05) is 11.5 Å². The molecule has 1 amide bonds. The number of benzene rings is 2. The molecular weight excluding hydrogens is 418 g/mol. The molecule has 0 radical (unpaired) electrons. The number of halogens is 1. The number of anilines is 1. The highest BCUT2D eigenvalue weighted by molar-refractivity contribution is 6.51. The summed E-state index contributed by atoms with van der Waals surface area (Å²) >= 11 is 6.13. The average molecular weight is 436 g/mol. The molecule has 2 aliphatic heterocycles. The van der Waals surface area contributed by atoms with Crippen molar-refractivity contribution in [1.82, 2.24) is 0 Å². The standard InChI is InChI=1S/C24H18ClNO5/c1-13-5-7-19(31-13)21-20(22(27)15-6-8-18-14(11-15)9-10-30-18)23(28)24(29)26(21)17-4-2-3-16(25)12-17/h2-8,11-12,21,27H,9-10H2,1H3/b22-20-. The number of ketones is 1. The molecule has 0 aliphatic carbocycles. The molecule has 31 heavy (non-hydrogen) atoms. The highest BCUT2D eigenvalue weighted by atomic mass is 35.5. The van der Waals surface area contributed by atoms with Gasteiger partial charge in [0, 0.05) is 22.7 Å². The second-order valence-electron chi connectivity index (χ2n) is 7.52. The SMILES string of the molecule is Cc1ccc(C2/C(=C(/O)c3ccc4c(c3)CCO4)C(=O)C(=O)N2c2cccc(Cl)c2)o1. The van der Waals surface area contributed by atoms with E-state index in [2.05, 4.69) is 0 Å². The predicted molar refractivity (Wildman–Crippen MR) is 115 cm³/mol. The minimum absolute atomic E-state index is 0.0295. The molecule has 3 aromatic rings. The van der Waals surface area contributed by atoms with Gasteiger partial charge in [-0.25, -0.2) is 0 Å². The molecule has 5 rings (SSSR count). The molecule has 0 saturated carbocycles. The Balaban J connectivity index is 1.70. The second kappa shape index (κ2) is 7.32. The number of Topliss-reactive ketones (excluding diaryl/α,β-unsaturated/α-hetero) is 1. The first kappa shape index (κ1) is 19.5. The summed E-state index contributed by atoms with van der Waals surface area (Å²) < 4.78 is 11.3. The summed E-state index contributed by atoms with van der Waals surface area (Å²) in [5.41, 5.74) is 1.80. The minimum atomic E-state index is -0.920. The Kier molecular flexibility index (Phi) is 4.59. The van der Waals surface area contributed by atoms with E-state index in [-0.39, 0.29) is 11.3 Å². The van der Waals surface area contributed by atoms with Gasteiger partial charge in [-0.15, -0.1) is 0 Å². The number of fused-ring (bicyclic) bond motifs is 1.